The van der Waals surface area contributed by atoms with Crippen molar-refractivity contribution in [1.29, 1.82) is 10.5 Å². The van der Waals surface area contributed by atoms with Gasteiger partial charge >= 0.3 is 0 Å². The Kier molecular flexibility index (Phi) is 2.98. The zero-order valence-corrected chi connectivity index (χ0v) is 9.36. The summed E-state index contributed by atoms with van der Waals surface area (Å²) in [5.74, 6) is 1.36. The highest BCUT2D eigenvalue weighted by molar-refractivity contribution is 5.80. The normalized spacial score (nSPS) is 12.8. The second kappa shape index (κ2) is 4.59. The van der Waals surface area contributed by atoms with Gasteiger partial charge in [0.25, 0.3) is 0 Å². The predicted octanol–water partition coefficient (Wildman–Crippen LogP) is 2.28. The smallest absolute Gasteiger partial charge is 0.133 e. The molecule has 1 aliphatic rings. The van der Waals surface area contributed by atoms with Crippen LogP contribution < -0.4 is 9.47 Å². The Bertz CT molecular complexity index is 546. The predicted molar refractivity (Wildman–Crippen MR) is 61.3 cm³/mol. The van der Waals surface area contributed by atoms with E-state index in [1.54, 1.807) is 19.2 Å². The second-order valence-corrected chi connectivity index (χ2v) is 3.54. The summed E-state index contributed by atoms with van der Waals surface area (Å²) in [5, 5.41) is 17.8. The molecule has 0 aromatic heterocycles. The average molecular weight is 226 g/mol. The van der Waals surface area contributed by atoms with Crippen LogP contribution in [0.25, 0.3) is 5.57 Å². The van der Waals surface area contributed by atoms with Crippen molar-refractivity contribution in [3.8, 4) is 23.6 Å². The number of hydrogen-bond donors (Lipinski definition) is 0. The molecule has 4 heteroatoms. The fraction of sp³-hybridized carbons (Fsp3) is 0.231. The number of fused-ring (bicyclic) bond motifs is 1. The first-order valence-electron chi connectivity index (χ1n) is 5.14. The Hall–Kier alpha value is -2.46. The van der Waals surface area contributed by atoms with Gasteiger partial charge in [0.05, 0.1) is 13.7 Å². The molecule has 1 aromatic rings. The first-order valence-corrected chi connectivity index (χ1v) is 5.14. The molecule has 0 fully saturated rings. The summed E-state index contributed by atoms with van der Waals surface area (Å²) in [6, 6.07) is 9.22. The van der Waals surface area contributed by atoms with Crippen molar-refractivity contribution >= 4 is 5.57 Å². The molecule has 0 saturated heterocycles. The Morgan fingerprint density at radius 1 is 1.35 bits per heavy atom. The van der Waals surface area contributed by atoms with Crippen LogP contribution in [0.5, 0.6) is 11.5 Å². The fourth-order valence-electron chi connectivity index (χ4n) is 1.82. The molecule has 4 nitrogen and oxygen atoms in total. The Labute approximate surface area is 99.3 Å². The average Bonchev–Trinajstić information content (AvgIpc) is 2.39. The third-order valence-corrected chi connectivity index (χ3v) is 2.65. The summed E-state index contributed by atoms with van der Waals surface area (Å²) < 4.78 is 10.6. The maximum atomic E-state index is 8.91. The van der Waals surface area contributed by atoms with Crippen LogP contribution in [0.4, 0.5) is 0 Å². The van der Waals surface area contributed by atoms with E-state index < -0.39 is 0 Å². The van der Waals surface area contributed by atoms with Gasteiger partial charge in [0.2, 0.25) is 0 Å². The quantitative estimate of drug-likeness (QED) is 0.689. The lowest BCUT2D eigenvalue weighted by atomic mass is 9.95. The molecule has 0 atom stereocenters. The van der Waals surface area contributed by atoms with Crippen LogP contribution in [0.2, 0.25) is 0 Å². The van der Waals surface area contributed by atoms with Gasteiger partial charge in [-0.05, 0) is 17.7 Å². The Morgan fingerprint density at radius 3 is 2.76 bits per heavy atom. The maximum Gasteiger partial charge on any atom is 0.133 e. The van der Waals surface area contributed by atoms with Gasteiger partial charge in [-0.25, -0.2) is 0 Å². The van der Waals surface area contributed by atoms with Gasteiger partial charge < -0.3 is 9.47 Å². The largest absolute Gasteiger partial charge is 0.497 e. The number of benzene rings is 1. The van der Waals surface area contributed by atoms with Crippen molar-refractivity contribution in [2.45, 2.75) is 6.42 Å². The van der Waals surface area contributed by atoms with Crippen molar-refractivity contribution in [2.24, 2.45) is 0 Å². The van der Waals surface area contributed by atoms with Crippen LogP contribution in [0, 0.1) is 22.7 Å². The first kappa shape index (κ1) is 11.0. The number of rotatable bonds is 1. The van der Waals surface area contributed by atoms with Crippen molar-refractivity contribution in [3.63, 3.8) is 0 Å². The summed E-state index contributed by atoms with van der Waals surface area (Å²) >= 11 is 0. The Balaban J connectivity index is 2.58. The molecule has 0 saturated carbocycles. The molecule has 0 spiro atoms. The molecule has 1 aromatic carbocycles. The topological polar surface area (TPSA) is 66.0 Å². The summed E-state index contributed by atoms with van der Waals surface area (Å²) in [6.45, 7) is 0.475. The molecule has 0 bridgehead atoms. The molecule has 84 valence electrons. The zero-order chi connectivity index (χ0) is 12.3. The summed E-state index contributed by atoms with van der Waals surface area (Å²) in [7, 11) is 1.58. The molecule has 1 heterocycles. The summed E-state index contributed by atoms with van der Waals surface area (Å²) in [6.07, 6.45) is 0.579. The number of hydrogen-bond acceptors (Lipinski definition) is 4. The van der Waals surface area contributed by atoms with Gasteiger partial charge in [-0.3, -0.25) is 0 Å². The molecule has 0 N–H and O–H groups in total. The van der Waals surface area contributed by atoms with Crippen LogP contribution in [0.1, 0.15) is 12.0 Å². The third kappa shape index (κ3) is 1.93. The van der Waals surface area contributed by atoms with E-state index in [2.05, 4.69) is 0 Å². The SMILES string of the molecule is COc1ccc2c(c1)OCCC2=C(C#N)C#N. The minimum absolute atomic E-state index is 0.153. The van der Waals surface area contributed by atoms with Gasteiger partial charge in [0, 0.05) is 18.1 Å². The molecule has 0 radical (unpaired) electrons. The maximum absolute atomic E-state index is 8.91. The van der Waals surface area contributed by atoms with Gasteiger partial charge in [0.1, 0.15) is 29.2 Å². The van der Waals surface area contributed by atoms with E-state index in [9.17, 15) is 0 Å². The molecule has 1 aliphatic heterocycles. The number of nitriles is 2. The minimum atomic E-state index is 0.153. The van der Waals surface area contributed by atoms with Gasteiger partial charge in [0.15, 0.2) is 0 Å². The highest BCUT2D eigenvalue weighted by Gasteiger charge is 2.19. The van der Waals surface area contributed by atoms with Crippen molar-refractivity contribution < 1.29 is 9.47 Å². The standard InChI is InChI=1S/C13H10N2O2/c1-16-10-2-3-12-11(9(7-14)8-15)4-5-17-13(12)6-10/h2-3,6H,4-5H2,1H3. The van der Waals surface area contributed by atoms with Crippen LogP contribution in [0.3, 0.4) is 0 Å². The van der Waals surface area contributed by atoms with E-state index in [4.69, 9.17) is 20.0 Å². The monoisotopic (exact) mass is 226 g/mol. The van der Waals surface area contributed by atoms with E-state index in [1.165, 1.54) is 0 Å². The van der Waals surface area contributed by atoms with Crippen molar-refractivity contribution in [1.82, 2.24) is 0 Å². The molecule has 0 aliphatic carbocycles. The number of ether oxygens (including phenoxy) is 2. The molecule has 0 unspecified atom stereocenters. The highest BCUT2D eigenvalue weighted by Crippen LogP contribution is 2.36. The molecular weight excluding hydrogens is 216 g/mol. The molecule has 2 rings (SSSR count). The van der Waals surface area contributed by atoms with E-state index in [1.807, 2.05) is 18.2 Å². The number of methoxy groups -OCH3 is 1. The van der Waals surface area contributed by atoms with Crippen LogP contribution in [-0.2, 0) is 0 Å². The van der Waals surface area contributed by atoms with Crippen molar-refractivity contribution in [3.05, 3.63) is 29.3 Å². The lowest BCUT2D eigenvalue weighted by Gasteiger charge is -2.20. The summed E-state index contributed by atoms with van der Waals surface area (Å²) in [4.78, 5) is 0. The van der Waals surface area contributed by atoms with E-state index in [0.717, 1.165) is 11.1 Å². The van der Waals surface area contributed by atoms with Gasteiger partial charge in [-0.2, -0.15) is 10.5 Å². The lowest BCUT2D eigenvalue weighted by molar-refractivity contribution is 0.313. The fourth-order valence-corrected chi connectivity index (χ4v) is 1.82. The van der Waals surface area contributed by atoms with Crippen LogP contribution >= 0.6 is 0 Å². The summed E-state index contributed by atoms with van der Waals surface area (Å²) in [5.41, 5.74) is 1.70. The van der Waals surface area contributed by atoms with Crippen LogP contribution in [-0.4, -0.2) is 13.7 Å². The molecule has 0 amide bonds. The van der Waals surface area contributed by atoms with Gasteiger partial charge in [-0.15, -0.1) is 0 Å². The van der Waals surface area contributed by atoms with E-state index in [0.29, 0.717) is 24.5 Å². The molecular formula is C13H10N2O2. The van der Waals surface area contributed by atoms with E-state index in [-0.39, 0.29) is 5.57 Å². The highest BCUT2D eigenvalue weighted by atomic mass is 16.5. The Morgan fingerprint density at radius 2 is 2.12 bits per heavy atom. The van der Waals surface area contributed by atoms with Crippen molar-refractivity contribution in [2.75, 3.05) is 13.7 Å². The van der Waals surface area contributed by atoms with Crippen LogP contribution in [0.15, 0.2) is 23.8 Å². The minimum Gasteiger partial charge on any atom is -0.497 e. The lowest BCUT2D eigenvalue weighted by Crippen LogP contribution is -2.09. The van der Waals surface area contributed by atoms with E-state index >= 15 is 0 Å². The third-order valence-electron chi connectivity index (χ3n) is 2.65. The molecule has 17 heavy (non-hydrogen) atoms. The first-order chi connectivity index (χ1) is 8.30. The van der Waals surface area contributed by atoms with Gasteiger partial charge in [-0.1, -0.05) is 0 Å². The zero-order valence-electron chi connectivity index (χ0n) is 9.36. The number of nitrogens with zero attached hydrogens (tertiary/aromatic N) is 2. The second-order valence-electron chi connectivity index (χ2n) is 3.54. The number of allylic oxidation sites excluding steroid dienone is 1.